The summed E-state index contributed by atoms with van der Waals surface area (Å²) in [5.74, 6) is 0.908. The maximum absolute atomic E-state index is 5.90. The summed E-state index contributed by atoms with van der Waals surface area (Å²) in [6.07, 6.45) is 0. The van der Waals surface area contributed by atoms with Crippen LogP contribution in [0.3, 0.4) is 0 Å². The van der Waals surface area contributed by atoms with E-state index in [1.54, 1.807) is 0 Å². The van der Waals surface area contributed by atoms with Gasteiger partial charge in [-0.2, -0.15) is 5.10 Å². The molecule has 2 rings (SSSR count). The molecule has 3 nitrogen and oxygen atoms in total. The molecule has 19 heavy (non-hydrogen) atoms. The van der Waals surface area contributed by atoms with Gasteiger partial charge in [0.15, 0.2) is 0 Å². The summed E-state index contributed by atoms with van der Waals surface area (Å²) in [6.45, 7) is 9.61. The van der Waals surface area contributed by atoms with Crippen LogP contribution in [0.25, 0.3) is 0 Å². The highest BCUT2D eigenvalue weighted by Crippen LogP contribution is 2.23. The predicted molar refractivity (Wildman–Crippen MR) is 80.6 cm³/mol. The van der Waals surface area contributed by atoms with Gasteiger partial charge >= 0.3 is 0 Å². The second-order valence-electron chi connectivity index (χ2n) is 4.77. The van der Waals surface area contributed by atoms with E-state index < -0.39 is 0 Å². The van der Waals surface area contributed by atoms with Gasteiger partial charge in [0.2, 0.25) is 0 Å². The van der Waals surface area contributed by atoms with E-state index >= 15 is 0 Å². The molecule has 0 aliphatic carbocycles. The number of hydrogen-bond donors (Lipinski definition) is 0. The topological polar surface area (TPSA) is 27.1 Å². The highest BCUT2D eigenvalue weighted by atomic mass is 79.9. The molecular formula is C15H19BrN2O. The van der Waals surface area contributed by atoms with Crippen LogP contribution in [0.1, 0.15) is 29.4 Å². The summed E-state index contributed by atoms with van der Waals surface area (Å²) in [7, 11) is 0. The molecule has 0 amide bonds. The lowest BCUT2D eigenvalue weighted by Crippen LogP contribution is -2.06. The third-order valence-corrected chi connectivity index (χ3v) is 4.06. The first kappa shape index (κ1) is 14.1. The van der Waals surface area contributed by atoms with Crippen LogP contribution in [0.4, 0.5) is 0 Å². The van der Waals surface area contributed by atoms with E-state index in [0.717, 1.165) is 28.2 Å². The van der Waals surface area contributed by atoms with Crippen molar-refractivity contribution in [3.8, 4) is 5.75 Å². The molecule has 0 radical (unpaired) electrons. The molecule has 0 unspecified atom stereocenters. The molecule has 0 bridgehead atoms. The summed E-state index contributed by atoms with van der Waals surface area (Å²) in [6, 6.07) is 6.25. The Balaban J connectivity index is 2.18. The SMILES string of the molecule is CCn1nc(C)c(Br)c1COc1cc(C)cc(C)c1. The second kappa shape index (κ2) is 5.78. The Morgan fingerprint density at radius 1 is 1.16 bits per heavy atom. The Morgan fingerprint density at radius 3 is 2.37 bits per heavy atom. The fourth-order valence-corrected chi connectivity index (χ4v) is 2.57. The molecule has 0 N–H and O–H groups in total. The quantitative estimate of drug-likeness (QED) is 0.844. The van der Waals surface area contributed by atoms with Crippen LogP contribution in [-0.2, 0) is 13.2 Å². The lowest BCUT2D eigenvalue weighted by molar-refractivity contribution is 0.291. The Labute approximate surface area is 122 Å². The number of benzene rings is 1. The van der Waals surface area contributed by atoms with Gasteiger partial charge in [-0.25, -0.2) is 0 Å². The monoisotopic (exact) mass is 322 g/mol. The number of rotatable bonds is 4. The van der Waals surface area contributed by atoms with Gasteiger partial charge in [-0.15, -0.1) is 0 Å². The van der Waals surface area contributed by atoms with Gasteiger partial charge in [-0.3, -0.25) is 4.68 Å². The molecule has 4 heteroatoms. The minimum Gasteiger partial charge on any atom is -0.487 e. The molecule has 102 valence electrons. The first-order valence-corrected chi connectivity index (χ1v) is 7.23. The second-order valence-corrected chi connectivity index (χ2v) is 5.57. The molecule has 0 saturated heterocycles. The Morgan fingerprint density at radius 2 is 1.79 bits per heavy atom. The molecule has 1 aromatic carbocycles. The van der Waals surface area contributed by atoms with Crippen molar-refractivity contribution in [2.45, 2.75) is 40.8 Å². The largest absolute Gasteiger partial charge is 0.487 e. The summed E-state index contributed by atoms with van der Waals surface area (Å²) in [4.78, 5) is 0. The van der Waals surface area contributed by atoms with Crippen molar-refractivity contribution in [3.05, 3.63) is 45.2 Å². The standard InChI is InChI=1S/C15H19BrN2O/c1-5-18-14(15(16)12(4)17-18)9-19-13-7-10(2)6-11(3)8-13/h6-8H,5,9H2,1-4H3. The van der Waals surface area contributed by atoms with Gasteiger partial charge in [-0.1, -0.05) is 6.07 Å². The molecule has 0 spiro atoms. The van der Waals surface area contributed by atoms with E-state index in [9.17, 15) is 0 Å². The Kier molecular flexibility index (Phi) is 4.30. The average Bonchev–Trinajstić information content (AvgIpc) is 2.62. The minimum atomic E-state index is 0.526. The molecule has 2 aromatic rings. The van der Waals surface area contributed by atoms with Crippen molar-refractivity contribution in [3.63, 3.8) is 0 Å². The molecule has 0 fully saturated rings. The fourth-order valence-electron chi connectivity index (χ4n) is 2.17. The number of aromatic nitrogens is 2. The van der Waals surface area contributed by atoms with Gasteiger partial charge in [0.05, 0.1) is 15.9 Å². The highest BCUT2D eigenvalue weighted by molar-refractivity contribution is 9.10. The smallest absolute Gasteiger partial charge is 0.131 e. The van der Waals surface area contributed by atoms with Gasteiger partial charge in [0.25, 0.3) is 0 Å². The molecule has 1 aromatic heterocycles. The Hall–Kier alpha value is -1.29. The van der Waals surface area contributed by atoms with Crippen LogP contribution in [0.5, 0.6) is 5.75 Å². The van der Waals surface area contributed by atoms with E-state index in [0.29, 0.717) is 6.61 Å². The third-order valence-electron chi connectivity index (χ3n) is 3.02. The molecule has 0 aliphatic rings. The van der Waals surface area contributed by atoms with Crippen molar-refractivity contribution < 1.29 is 4.74 Å². The predicted octanol–water partition coefficient (Wildman–Crippen LogP) is 4.17. The average molecular weight is 323 g/mol. The minimum absolute atomic E-state index is 0.526. The number of aryl methyl sites for hydroxylation is 4. The Bertz CT molecular complexity index is 570. The van der Waals surface area contributed by atoms with Crippen LogP contribution in [0.15, 0.2) is 22.7 Å². The zero-order valence-electron chi connectivity index (χ0n) is 11.8. The maximum atomic E-state index is 5.90. The molecule has 1 heterocycles. The maximum Gasteiger partial charge on any atom is 0.131 e. The summed E-state index contributed by atoms with van der Waals surface area (Å²) >= 11 is 3.58. The normalized spacial score (nSPS) is 10.8. The van der Waals surface area contributed by atoms with E-state index in [1.165, 1.54) is 11.1 Å². The fraction of sp³-hybridized carbons (Fsp3) is 0.400. The number of halogens is 1. The van der Waals surface area contributed by atoms with E-state index in [4.69, 9.17) is 4.74 Å². The summed E-state index contributed by atoms with van der Waals surface area (Å²) < 4.78 is 8.91. The lowest BCUT2D eigenvalue weighted by atomic mass is 10.1. The van der Waals surface area contributed by atoms with Gasteiger partial charge < -0.3 is 4.74 Å². The molecule has 0 saturated carbocycles. The van der Waals surface area contributed by atoms with Crippen LogP contribution < -0.4 is 4.74 Å². The van der Waals surface area contributed by atoms with Crippen molar-refractivity contribution >= 4 is 15.9 Å². The zero-order valence-corrected chi connectivity index (χ0v) is 13.4. The first-order chi connectivity index (χ1) is 9.01. The number of nitrogens with zero attached hydrogens (tertiary/aromatic N) is 2. The molecular weight excluding hydrogens is 304 g/mol. The molecule has 0 aliphatic heterocycles. The third kappa shape index (κ3) is 3.18. The van der Waals surface area contributed by atoms with Crippen molar-refractivity contribution in [1.29, 1.82) is 0 Å². The lowest BCUT2D eigenvalue weighted by Gasteiger charge is -2.10. The summed E-state index contributed by atoms with van der Waals surface area (Å²) in [5.41, 5.74) is 4.52. The van der Waals surface area contributed by atoms with Crippen LogP contribution >= 0.6 is 15.9 Å². The highest BCUT2D eigenvalue weighted by Gasteiger charge is 2.12. The zero-order chi connectivity index (χ0) is 14.0. The van der Waals surface area contributed by atoms with Gasteiger partial charge in [0.1, 0.15) is 12.4 Å². The number of ether oxygens (including phenoxy) is 1. The van der Waals surface area contributed by atoms with Gasteiger partial charge in [-0.05, 0) is 66.9 Å². The van der Waals surface area contributed by atoms with Crippen molar-refractivity contribution in [2.75, 3.05) is 0 Å². The van der Waals surface area contributed by atoms with Crippen molar-refractivity contribution in [2.24, 2.45) is 0 Å². The van der Waals surface area contributed by atoms with E-state index in [2.05, 4.69) is 60.0 Å². The molecule has 0 atom stereocenters. The summed E-state index contributed by atoms with van der Waals surface area (Å²) in [5, 5.41) is 4.47. The van der Waals surface area contributed by atoms with Crippen molar-refractivity contribution in [1.82, 2.24) is 9.78 Å². The van der Waals surface area contributed by atoms with Gasteiger partial charge in [0, 0.05) is 6.54 Å². The first-order valence-electron chi connectivity index (χ1n) is 6.44. The van der Waals surface area contributed by atoms with Crippen LogP contribution in [-0.4, -0.2) is 9.78 Å². The van der Waals surface area contributed by atoms with E-state index in [1.807, 2.05) is 11.6 Å². The van der Waals surface area contributed by atoms with Crippen LogP contribution in [0, 0.1) is 20.8 Å². The van der Waals surface area contributed by atoms with E-state index in [-0.39, 0.29) is 0 Å². The van der Waals surface area contributed by atoms with Crippen LogP contribution in [0.2, 0.25) is 0 Å². The number of hydrogen-bond acceptors (Lipinski definition) is 2.